The Balaban J connectivity index is 1.75. The predicted octanol–water partition coefficient (Wildman–Crippen LogP) is 4.09. The molecule has 1 aliphatic heterocycles. The van der Waals surface area contributed by atoms with Crippen molar-refractivity contribution in [3.05, 3.63) is 65.2 Å². The number of aryl methyl sites for hydroxylation is 1. The third-order valence-corrected chi connectivity index (χ3v) is 7.49. The molecule has 0 unspecified atom stereocenters. The first-order valence-corrected chi connectivity index (χ1v) is 11.8. The molecule has 3 rings (SSSR count). The van der Waals surface area contributed by atoms with Crippen LogP contribution in [0.25, 0.3) is 0 Å². The molecule has 1 fully saturated rings. The largest absolute Gasteiger partial charge is 0.351 e. The van der Waals surface area contributed by atoms with Crippen molar-refractivity contribution < 1.29 is 13.2 Å². The lowest BCUT2D eigenvalue weighted by Gasteiger charge is -2.21. The van der Waals surface area contributed by atoms with Gasteiger partial charge in [0.05, 0.1) is 4.90 Å². The summed E-state index contributed by atoms with van der Waals surface area (Å²) < 4.78 is 27.7. The molecule has 1 atom stereocenters. The summed E-state index contributed by atoms with van der Waals surface area (Å²) in [5.41, 5.74) is 2.34. The Bertz CT molecular complexity index is 934. The highest BCUT2D eigenvalue weighted by Crippen LogP contribution is 2.23. The normalized spacial score (nSPS) is 16.8. The number of sulfonamides is 1. The molecule has 1 N–H and O–H groups in total. The standard InChI is InChI=1S/C23H30N2O3S/c1-18-12-13-21(29(27,28)25-14-8-3-4-9-15-25)16-22(18)23(26)24-17-19(2)20-10-6-5-7-11-20/h5-7,10-13,16,19H,3-4,8-9,14-15,17H2,1-2H3,(H,24,26)/t19-/m1/s1. The number of nitrogens with one attached hydrogen (secondary N) is 1. The summed E-state index contributed by atoms with van der Waals surface area (Å²) in [7, 11) is -3.58. The van der Waals surface area contributed by atoms with E-state index in [0.717, 1.165) is 36.8 Å². The lowest BCUT2D eigenvalue weighted by molar-refractivity contribution is 0.0951. The Morgan fingerprint density at radius 1 is 1.03 bits per heavy atom. The highest BCUT2D eigenvalue weighted by Gasteiger charge is 2.26. The molecule has 1 heterocycles. The minimum atomic E-state index is -3.58. The molecule has 1 amide bonds. The molecule has 0 bridgehead atoms. The second-order valence-electron chi connectivity index (χ2n) is 7.82. The van der Waals surface area contributed by atoms with Gasteiger partial charge in [0.15, 0.2) is 0 Å². The topological polar surface area (TPSA) is 66.5 Å². The summed E-state index contributed by atoms with van der Waals surface area (Å²) >= 11 is 0. The van der Waals surface area contributed by atoms with Crippen molar-refractivity contribution >= 4 is 15.9 Å². The molecule has 0 aliphatic carbocycles. The van der Waals surface area contributed by atoms with Gasteiger partial charge >= 0.3 is 0 Å². The maximum atomic E-state index is 13.1. The summed E-state index contributed by atoms with van der Waals surface area (Å²) in [6.07, 6.45) is 3.89. The molecule has 156 valence electrons. The lowest BCUT2D eigenvalue weighted by Crippen LogP contribution is -2.32. The van der Waals surface area contributed by atoms with Gasteiger partial charge < -0.3 is 5.32 Å². The molecule has 0 spiro atoms. The van der Waals surface area contributed by atoms with E-state index < -0.39 is 10.0 Å². The van der Waals surface area contributed by atoms with Gasteiger partial charge in [0.25, 0.3) is 5.91 Å². The van der Waals surface area contributed by atoms with Crippen molar-refractivity contribution in [2.75, 3.05) is 19.6 Å². The Kier molecular flexibility index (Phi) is 7.09. The van der Waals surface area contributed by atoms with E-state index >= 15 is 0 Å². The average Bonchev–Trinajstić information content (AvgIpc) is 3.03. The highest BCUT2D eigenvalue weighted by atomic mass is 32.2. The van der Waals surface area contributed by atoms with Crippen LogP contribution in [0.1, 0.15) is 60.0 Å². The van der Waals surface area contributed by atoms with Crippen molar-refractivity contribution in [1.82, 2.24) is 9.62 Å². The van der Waals surface area contributed by atoms with E-state index in [2.05, 4.69) is 12.2 Å². The van der Waals surface area contributed by atoms with Gasteiger partial charge in [-0.3, -0.25) is 4.79 Å². The van der Waals surface area contributed by atoms with Crippen LogP contribution in [-0.2, 0) is 10.0 Å². The van der Waals surface area contributed by atoms with E-state index in [4.69, 9.17) is 0 Å². The zero-order valence-corrected chi connectivity index (χ0v) is 18.0. The molecule has 0 saturated carbocycles. The number of nitrogens with zero attached hydrogens (tertiary/aromatic N) is 1. The quantitative estimate of drug-likeness (QED) is 0.774. The van der Waals surface area contributed by atoms with E-state index in [9.17, 15) is 13.2 Å². The Morgan fingerprint density at radius 3 is 2.34 bits per heavy atom. The van der Waals surface area contributed by atoms with Crippen LogP contribution < -0.4 is 5.32 Å². The van der Waals surface area contributed by atoms with E-state index in [0.29, 0.717) is 25.2 Å². The van der Waals surface area contributed by atoms with Crippen molar-refractivity contribution in [2.24, 2.45) is 0 Å². The summed E-state index contributed by atoms with van der Waals surface area (Å²) in [5.74, 6) is -0.0670. The number of amides is 1. The summed E-state index contributed by atoms with van der Waals surface area (Å²) in [4.78, 5) is 13.0. The zero-order chi connectivity index (χ0) is 20.9. The van der Waals surface area contributed by atoms with E-state index in [1.807, 2.05) is 37.3 Å². The molecule has 5 nitrogen and oxygen atoms in total. The molecule has 2 aromatic rings. The van der Waals surface area contributed by atoms with E-state index in [-0.39, 0.29) is 16.7 Å². The maximum absolute atomic E-state index is 13.1. The van der Waals surface area contributed by atoms with Gasteiger partial charge in [-0.15, -0.1) is 0 Å². The Morgan fingerprint density at radius 2 is 1.69 bits per heavy atom. The smallest absolute Gasteiger partial charge is 0.251 e. The van der Waals surface area contributed by atoms with Gasteiger partial charge in [-0.05, 0) is 48.9 Å². The van der Waals surface area contributed by atoms with Crippen molar-refractivity contribution in [3.63, 3.8) is 0 Å². The molecule has 29 heavy (non-hydrogen) atoms. The molecule has 0 aromatic heterocycles. The van der Waals surface area contributed by atoms with Crippen LogP contribution in [0, 0.1) is 6.92 Å². The number of hydrogen-bond donors (Lipinski definition) is 1. The van der Waals surface area contributed by atoms with E-state index in [1.165, 1.54) is 6.07 Å². The van der Waals surface area contributed by atoms with Gasteiger partial charge in [-0.2, -0.15) is 4.31 Å². The van der Waals surface area contributed by atoms with Crippen LogP contribution in [-0.4, -0.2) is 38.3 Å². The monoisotopic (exact) mass is 414 g/mol. The van der Waals surface area contributed by atoms with Gasteiger partial charge in [0.2, 0.25) is 10.0 Å². The number of benzene rings is 2. The second kappa shape index (κ2) is 9.55. The lowest BCUT2D eigenvalue weighted by atomic mass is 10.0. The number of rotatable bonds is 6. The SMILES string of the molecule is Cc1ccc(S(=O)(=O)N2CCCCCC2)cc1C(=O)NC[C@@H](C)c1ccccc1. The predicted molar refractivity (Wildman–Crippen MR) is 116 cm³/mol. The third kappa shape index (κ3) is 5.25. The summed E-state index contributed by atoms with van der Waals surface area (Å²) in [6.45, 7) is 5.48. The van der Waals surface area contributed by atoms with Gasteiger partial charge in [-0.1, -0.05) is 56.2 Å². The molecule has 1 aliphatic rings. The number of hydrogen-bond acceptors (Lipinski definition) is 3. The second-order valence-corrected chi connectivity index (χ2v) is 9.75. The minimum absolute atomic E-state index is 0.171. The van der Waals surface area contributed by atoms with Crippen LogP contribution >= 0.6 is 0 Å². The summed E-state index contributed by atoms with van der Waals surface area (Å²) in [6, 6.07) is 14.9. The van der Waals surface area contributed by atoms with Crippen LogP contribution in [0.15, 0.2) is 53.4 Å². The van der Waals surface area contributed by atoms with Gasteiger partial charge in [-0.25, -0.2) is 8.42 Å². The molecular weight excluding hydrogens is 384 g/mol. The van der Waals surface area contributed by atoms with Crippen LogP contribution in [0.4, 0.5) is 0 Å². The van der Waals surface area contributed by atoms with Crippen LogP contribution in [0.2, 0.25) is 0 Å². The minimum Gasteiger partial charge on any atom is -0.351 e. The maximum Gasteiger partial charge on any atom is 0.251 e. The fraction of sp³-hybridized carbons (Fsp3) is 0.435. The first-order chi connectivity index (χ1) is 13.9. The Labute approximate surface area is 174 Å². The fourth-order valence-electron chi connectivity index (χ4n) is 3.68. The molecule has 6 heteroatoms. The third-order valence-electron chi connectivity index (χ3n) is 5.59. The fourth-order valence-corrected chi connectivity index (χ4v) is 5.22. The molecule has 0 radical (unpaired) electrons. The average molecular weight is 415 g/mol. The van der Waals surface area contributed by atoms with Crippen LogP contribution in [0.3, 0.4) is 0 Å². The number of carbonyl (C=O) groups excluding carboxylic acids is 1. The first kappa shape index (κ1) is 21.5. The molecule has 2 aromatic carbocycles. The zero-order valence-electron chi connectivity index (χ0n) is 17.2. The van der Waals surface area contributed by atoms with Crippen molar-refractivity contribution in [2.45, 2.75) is 50.3 Å². The van der Waals surface area contributed by atoms with Gasteiger partial charge in [0, 0.05) is 25.2 Å². The van der Waals surface area contributed by atoms with Crippen molar-refractivity contribution in [3.8, 4) is 0 Å². The summed E-state index contributed by atoms with van der Waals surface area (Å²) in [5, 5.41) is 2.96. The first-order valence-electron chi connectivity index (χ1n) is 10.3. The Hall–Kier alpha value is -2.18. The molecule has 1 saturated heterocycles. The van der Waals surface area contributed by atoms with E-state index in [1.54, 1.807) is 16.4 Å². The highest BCUT2D eigenvalue weighted by molar-refractivity contribution is 7.89. The number of carbonyl (C=O) groups is 1. The van der Waals surface area contributed by atoms with Crippen LogP contribution in [0.5, 0.6) is 0 Å². The molecular formula is C23H30N2O3S. The van der Waals surface area contributed by atoms with Crippen molar-refractivity contribution in [1.29, 1.82) is 0 Å². The van der Waals surface area contributed by atoms with Gasteiger partial charge in [0.1, 0.15) is 0 Å².